The van der Waals surface area contributed by atoms with Crippen molar-refractivity contribution in [3.05, 3.63) is 24.4 Å². The minimum Gasteiger partial charge on any atom is -0.347 e. The highest BCUT2D eigenvalue weighted by atomic mass is 15.4. The number of nitrogen functional groups attached to an aromatic ring is 1. The van der Waals surface area contributed by atoms with Crippen LogP contribution in [0.3, 0.4) is 0 Å². The van der Waals surface area contributed by atoms with Crippen molar-refractivity contribution in [2.24, 2.45) is 5.84 Å². The van der Waals surface area contributed by atoms with Crippen molar-refractivity contribution in [1.82, 2.24) is 24.7 Å². The van der Waals surface area contributed by atoms with E-state index in [0.717, 1.165) is 24.7 Å². The first-order chi connectivity index (χ1) is 8.36. The fourth-order valence-electron chi connectivity index (χ4n) is 1.86. The molecule has 8 nitrogen and oxygen atoms in total. The van der Waals surface area contributed by atoms with Crippen LogP contribution in [0.5, 0.6) is 0 Å². The predicted molar refractivity (Wildman–Crippen MR) is 60.9 cm³/mol. The van der Waals surface area contributed by atoms with Crippen LogP contribution in [0.15, 0.2) is 18.6 Å². The molecule has 0 radical (unpaired) electrons. The molecule has 2 aromatic rings. The first kappa shape index (κ1) is 9.97. The van der Waals surface area contributed by atoms with Crippen molar-refractivity contribution in [1.29, 1.82) is 0 Å². The lowest BCUT2D eigenvalue weighted by molar-refractivity contribution is 0.556. The maximum absolute atomic E-state index is 5.29. The van der Waals surface area contributed by atoms with E-state index in [2.05, 4.69) is 30.5 Å². The van der Waals surface area contributed by atoms with Crippen molar-refractivity contribution in [3.8, 4) is 0 Å². The van der Waals surface area contributed by atoms with E-state index in [4.69, 9.17) is 5.84 Å². The quantitative estimate of drug-likeness (QED) is 0.525. The molecule has 3 N–H and O–H groups in total. The van der Waals surface area contributed by atoms with Crippen molar-refractivity contribution in [3.63, 3.8) is 0 Å². The zero-order valence-corrected chi connectivity index (χ0v) is 9.11. The van der Waals surface area contributed by atoms with E-state index >= 15 is 0 Å². The Balaban J connectivity index is 1.86. The van der Waals surface area contributed by atoms with E-state index in [-0.39, 0.29) is 0 Å². The molecule has 3 heterocycles. The van der Waals surface area contributed by atoms with Gasteiger partial charge < -0.3 is 9.47 Å². The molecule has 17 heavy (non-hydrogen) atoms. The van der Waals surface area contributed by atoms with Crippen LogP contribution in [-0.2, 0) is 13.1 Å². The van der Waals surface area contributed by atoms with Crippen LogP contribution in [0.1, 0.15) is 5.82 Å². The Morgan fingerprint density at radius 3 is 3.18 bits per heavy atom. The van der Waals surface area contributed by atoms with Gasteiger partial charge in [0.2, 0.25) is 5.95 Å². The van der Waals surface area contributed by atoms with E-state index < -0.39 is 0 Å². The molecule has 2 aromatic heterocycles. The van der Waals surface area contributed by atoms with Crippen molar-refractivity contribution >= 4 is 11.8 Å². The highest BCUT2D eigenvalue weighted by Gasteiger charge is 2.18. The summed E-state index contributed by atoms with van der Waals surface area (Å²) in [4.78, 5) is 10.4. The Morgan fingerprint density at radius 2 is 2.29 bits per heavy atom. The van der Waals surface area contributed by atoms with E-state index in [0.29, 0.717) is 12.5 Å². The van der Waals surface area contributed by atoms with Crippen molar-refractivity contribution in [2.75, 3.05) is 16.9 Å². The molecule has 0 saturated heterocycles. The second kappa shape index (κ2) is 3.98. The second-order valence-electron chi connectivity index (χ2n) is 3.74. The number of hydrogen-bond donors (Lipinski definition) is 2. The molecule has 0 amide bonds. The van der Waals surface area contributed by atoms with Crippen LogP contribution in [0, 0.1) is 0 Å². The van der Waals surface area contributed by atoms with E-state index in [1.165, 1.54) is 0 Å². The molecule has 0 bridgehead atoms. The number of hydrogen-bond acceptors (Lipinski definition) is 7. The van der Waals surface area contributed by atoms with Gasteiger partial charge in [0.1, 0.15) is 12.1 Å². The maximum Gasteiger partial charge on any atom is 0.239 e. The van der Waals surface area contributed by atoms with Crippen LogP contribution in [0.2, 0.25) is 0 Å². The summed E-state index contributed by atoms with van der Waals surface area (Å²) in [6, 6.07) is 1.85. The summed E-state index contributed by atoms with van der Waals surface area (Å²) in [5.41, 5.74) is 2.44. The summed E-state index contributed by atoms with van der Waals surface area (Å²) in [5, 5.41) is 7.95. The molecule has 0 fully saturated rings. The van der Waals surface area contributed by atoms with Crippen LogP contribution >= 0.6 is 0 Å². The highest BCUT2D eigenvalue weighted by molar-refractivity contribution is 5.42. The third-order valence-corrected chi connectivity index (χ3v) is 2.73. The van der Waals surface area contributed by atoms with Gasteiger partial charge in [0.15, 0.2) is 5.82 Å². The van der Waals surface area contributed by atoms with Gasteiger partial charge in [0.25, 0.3) is 0 Å². The Kier molecular flexibility index (Phi) is 2.33. The third-order valence-electron chi connectivity index (χ3n) is 2.73. The van der Waals surface area contributed by atoms with Gasteiger partial charge >= 0.3 is 0 Å². The number of aromatic nitrogens is 5. The predicted octanol–water partition coefficient (Wildman–Crippen LogP) is -0.626. The first-order valence-electron chi connectivity index (χ1n) is 5.28. The minimum absolute atomic E-state index is 0.412. The SMILES string of the molecule is NNc1nccc(N2CCn3cnnc3C2)n1. The molecule has 1 aliphatic rings. The second-order valence-corrected chi connectivity index (χ2v) is 3.74. The number of nitrogens with one attached hydrogen (secondary N) is 1. The Labute approximate surface area is 97.5 Å². The molecule has 0 aliphatic carbocycles. The van der Waals surface area contributed by atoms with E-state index in [9.17, 15) is 0 Å². The van der Waals surface area contributed by atoms with Gasteiger partial charge in [-0.25, -0.2) is 10.8 Å². The smallest absolute Gasteiger partial charge is 0.239 e. The molecule has 3 rings (SSSR count). The van der Waals surface area contributed by atoms with Crippen LogP contribution < -0.4 is 16.2 Å². The van der Waals surface area contributed by atoms with E-state index in [1.54, 1.807) is 12.5 Å². The van der Waals surface area contributed by atoms with Gasteiger partial charge in [-0.15, -0.1) is 10.2 Å². The normalized spacial score (nSPS) is 14.5. The zero-order chi connectivity index (χ0) is 11.7. The Hall–Kier alpha value is -2.22. The first-order valence-corrected chi connectivity index (χ1v) is 5.28. The van der Waals surface area contributed by atoms with Gasteiger partial charge in [-0.2, -0.15) is 4.98 Å². The summed E-state index contributed by atoms with van der Waals surface area (Å²) >= 11 is 0. The number of fused-ring (bicyclic) bond motifs is 1. The summed E-state index contributed by atoms with van der Waals surface area (Å²) in [5.74, 6) is 7.48. The average Bonchev–Trinajstić information content (AvgIpc) is 2.86. The molecule has 1 aliphatic heterocycles. The van der Waals surface area contributed by atoms with Crippen molar-refractivity contribution in [2.45, 2.75) is 13.1 Å². The molecule has 0 saturated carbocycles. The molecule has 0 atom stereocenters. The minimum atomic E-state index is 0.412. The molecule has 88 valence electrons. The van der Waals surface area contributed by atoms with Gasteiger partial charge in [-0.1, -0.05) is 0 Å². The Bertz CT molecular complexity index is 521. The molecule has 8 heteroatoms. The number of hydrazine groups is 1. The fourth-order valence-corrected chi connectivity index (χ4v) is 1.86. The standard InChI is InChI=1S/C9H12N8/c10-14-9-11-2-1-7(13-9)16-3-4-17-6-12-15-8(17)5-16/h1-2,6H,3-5,10H2,(H,11,13,14). The molecule has 0 spiro atoms. The lowest BCUT2D eigenvalue weighted by Gasteiger charge is -2.27. The van der Waals surface area contributed by atoms with Crippen LogP contribution in [0.4, 0.5) is 11.8 Å². The molecular weight excluding hydrogens is 220 g/mol. The van der Waals surface area contributed by atoms with Gasteiger partial charge in [-0.05, 0) is 6.07 Å². The lowest BCUT2D eigenvalue weighted by atomic mass is 10.3. The van der Waals surface area contributed by atoms with E-state index in [1.807, 2.05) is 10.6 Å². The molecule has 0 unspecified atom stereocenters. The Morgan fingerprint density at radius 1 is 1.35 bits per heavy atom. The maximum atomic E-state index is 5.29. The lowest BCUT2D eigenvalue weighted by Crippen LogP contribution is -2.34. The van der Waals surface area contributed by atoms with Crippen molar-refractivity contribution < 1.29 is 0 Å². The number of rotatable bonds is 2. The third kappa shape index (κ3) is 1.78. The number of anilines is 2. The monoisotopic (exact) mass is 232 g/mol. The summed E-state index contributed by atoms with van der Waals surface area (Å²) < 4.78 is 2.04. The summed E-state index contributed by atoms with van der Waals surface area (Å²) in [6.07, 6.45) is 3.43. The summed E-state index contributed by atoms with van der Waals surface area (Å²) in [7, 11) is 0. The van der Waals surface area contributed by atoms with Gasteiger partial charge in [0.05, 0.1) is 6.54 Å². The highest BCUT2D eigenvalue weighted by Crippen LogP contribution is 2.17. The molecule has 0 aromatic carbocycles. The van der Waals surface area contributed by atoms with Gasteiger partial charge in [0, 0.05) is 19.3 Å². The van der Waals surface area contributed by atoms with Crippen LogP contribution in [-0.4, -0.2) is 31.3 Å². The fraction of sp³-hybridized carbons (Fsp3) is 0.333. The summed E-state index contributed by atoms with van der Waals surface area (Å²) in [6.45, 7) is 2.42. The molecular formula is C9H12N8. The number of nitrogens with two attached hydrogens (primary N) is 1. The largest absolute Gasteiger partial charge is 0.347 e. The topological polar surface area (TPSA) is 97.8 Å². The van der Waals surface area contributed by atoms with Crippen LogP contribution in [0.25, 0.3) is 0 Å². The zero-order valence-electron chi connectivity index (χ0n) is 9.11. The van der Waals surface area contributed by atoms with Gasteiger partial charge in [-0.3, -0.25) is 5.43 Å². The average molecular weight is 232 g/mol. The number of nitrogens with zero attached hydrogens (tertiary/aromatic N) is 6.